The quantitative estimate of drug-likeness (QED) is 0.841. The third kappa shape index (κ3) is 3.07. The standard InChI is InChI=1S/C14H15F2NO3S/c1-10-4-2-6-17(10)21(19,20)14-11(5-3-7-18)8-12(15)9-13(14)16/h8-10,18H,2,4,6-7H2,1H3. The summed E-state index contributed by atoms with van der Waals surface area (Å²) in [5.41, 5.74) is -0.277. The molecule has 0 spiro atoms. The summed E-state index contributed by atoms with van der Waals surface area (Å²) in [4.78, 5) is -0.626. The molecule has 1 unspecified atom stereocenters. The van der Waals surface area contributed by atoms with E-state index in [1.165, 1.54) is 4.31 Å². The maximum absolute atomic E-state index is 14.0. The smallest absolute Gasteiger partial charge is 0.247 e. The van der Waals surface area contributed by atoms with Gasteiger partial charge in [0.1, 0.15) is 23.1 Å². The van der Waals surface area contributed by atoms with Crippen LogP contribution in [0.25, 0.3) is 0 Å². The van der Waals surface area contributed by atoms with E-state index in [1.807, 2.05) is 0 Å². The Bertz CT molecular complexity index is 707. The van der Waals surface area contributed by atoms with E-state index in [9.17, 15) is 17.2 Å². The van der Waals surface area contributed by atoms with Crippen LogP contribution in [0.3, 0.4) is 0 Å². The second kappa shape index (κ2) is 6.10. The van der Waals surface area contributed by atoms with Crippen molar-refractivity contribution in [3.8, 4) is 11.8 Å². The summed E-state index contributed by atoms with van der Waals surface area (Å²) in [6, 6.07) is 1.15. The number of aliphatic hydroxyl groups is 1. The van der Waals surface area contributed by atoms with Crippen LogP contribution >= 0.6 is 0 Å². The predicted octanol–water partition coefficient (Wildman–Crippen LogP) is 1.48. The number of nitrogens with zero attached hydrogens (tertiary/aromatic N) is 1. The minimum absolute atomic E-state index is 0.238. The van der Waals surface area contributed by atoms with Crippen LogP contribution in [0.1, 0.15) is 25.3 Å². The Balaban J connectivity index is 2.62. The normalized spacial score (nSPS) is 19.3. The molecule has 1 fully saturated rings. The van der Waals surface area contributed by atoms with Crippen LogP contribution in [0.4, 0.5) is 8.78 Å². The minimum atomic E-state index is -4.09. The van der Waals surface area contributed by atoms with E-state index < -0.39 is 33.2 Å². The molecular weight excluding hydrogens is 300 g/mol. The Morgan fingerprint density at radius 3 is 2.71 bits per heavy atom. The molecule has 0 aliphatic carbocycles. The molecule has 2 rings (SSSR count). The molecule has 0 radical (unpaired) electrons. The third-order valence-electron chi connectivity index (χ3n) is 3.37. The van der Waals surface area contributed by atoms with Crippen LogP contribution in [0.15, 0.2) is 17.0 Å². The van der Waals surface area contributed by atoms with E-state index in [2.05, 4.69) is 11.8 Å². The molecule has 4 nitrogen and oxygen atoms in total. The SMILES string of the molecule is CC1CCCN1S(=O)(=O)c1c(F)cc(F)cc1C#CCO. The molecule has 7 heteroatoms. The van der Waals surface area contributed by atoms with Gasteiger partial charge in [-0.05, 0) is 25.8 Å². The van der Waals surface area contributed by atoms with Crippen molar-refractivity contribution in [3.05, 3.63) is 29.3 Å². The van der Waals surface area contributed by atoms with Gasteiger partial charge in [-0.15, -0.1) is 0 Å². The minimum Gasteiger partial charge on any atom is -0.384 e. The molecule has 0 saturated carbocycles. The van der Waals surface area contributed by atoms with Gasteiger partial charge in [0, 0.05) is 18.7 Å². The molecule has 0 amide bonds. The maximum atomic E-state index is 14.0. The molecular formula is C14H15F2NO3S. The second-order valence-electron chi connectivity index (χ2n) is 4.83. The van der Waals surface area contributed by atoms with E-state index in [0.29, 0.717) is 25.5 Å². The molecule has 0 bridgehead atoms. The van der Waals surface area contributed by atoms with Crippen LogP contribution in [-0.4, -0.2) is 37.0 Å². The second-order valence-corrected chi connectivity index (χ2v) is 6.66. The predicted molar refractivity (Wildman–Crippen MR) is 72.9 cm³/mol. The Morgan fingerprint density at radius 2 is 2.14 bits per heavy atom. The number of aliphatic hydroxyl groups excluding tert-OH is 1. The molecule has 1 aliphatic heterocycles. The highest BCUT2D eigenvalue weighted by Gasteiger charge is 2.36. The fourth-order valence-corrected chi connectivity index (χ4v) is 4.31. The molecule has 1 aliphatic rings. The lowest BCUT2D eigenvalue weighted by Gasteiger charge is -2.22. The summed E-state index contributed by atoms with van der Waals surface area (Å²) < 4.78 is 53.7. The summed E-state index contributed by atoms with van der Waals surface area (Å²) in [5, 5.41) is 8.69. The number of sulfonamides is 1. The van der Waals surface area contributed by atoms with Gasteiger partial charge in [0.25, 0.3) is 0 Å². The number of rotatable bonds is 2. The van der Waals surface area contributed by atoms with Gasteiger partial charge >= 0.3 is 0 Å². The first-order valence-electron chi connectivity index (χ1n) is 6.48. The van der Waals surface area contributed by atoms with Crippen molar-refractivity contribution in [2.75, 3.05) is 13.2 Å². The molecule has 1 aromatic rings. The van der Waals surface area contributed by atoms with Gasteiger partial charge < -0.3 is 5.11 Å². The molecule has 1 N–H and O–H groups in total. The lowest BCUT2D eigenvalue weighted by molar-refractivity contribution is 0.350. The van der Waals surface area contributed by atoms with Gasteiger partial charge in [-0.2, -0.15) is 4.31 Å². The molecule has 1 saturated heterocycles. The highest BCUT2D eigenvalue weighted by molar-refractivity contribution is 7.89. The third-order valence-corrected chi connectivity index (χ3v) is 5.46. The van der Waals surface area contributed by atoms with Crippen LogP contribution < -0.4 is 0 Å². The van der Waals surface area contributed by atoms with Gasteiger partial charge in [0.05, 0.1) is 5.56 Å². The van der Waals surface area contributed by atoms with E-state index in [0.717, 1.165) is 6.07 Å². The van der Waals surface area contributed by atoms with Gasteiger partial charge in [-0.3, -0.25) is 0 Å². The van der Waals surface area contributed by atoms with Crippen molar-refractivity contribution in [1.29, 1.82) is 0 Å². The van der Waals surface area contributed by atoms with Crippen LogP contribution in [-0.2, 0) is 10.0 Å². The van der Waals surface area contributed by atoms with Crippen LogP contribution in [0, 0.1) is 23.5 Å². The topological polar surface area (TPSA) is 57.6 Å². The molecule has 1 heterocycles. The first-order chi connectivity index (χ1) is 9.87. The monoisotopic (exact) mass is 315 g/mol. The van der Waals surface area contributed by atoms with Crippen molar-refractivity contribution >= 4 is 10.0 Å². The fraction of sp³-hybridized carbons (Fsp3) is 0.429. The van der Waals surface area contributed by atoms with Crippen molar-refractivity contribution in [2.45, 2.75) is 30.7 Å². The van der Waals surface area contributed by atoms with Gasteiger partial charge in [-0.1, -0.05) is 11.8 Å². The van der Waals surface area contributed by atoms with Gasteiger partial charge in [0.2, 0.25) is 10.0 Å². The number of hydrogen-bond acceptors (Lipinski definition) is 3. The van der Waals surface area contributed by atoms with Gasteiger partial charge in [0.15, 0.2) is 0 Å². The summed E-state index contributed by atoms with van der Waals surface area (Å²) in [7, 11) is -4.09. The van der Waals surface area contributed by atoms with Crippen LogP contribution in [0.2, 0.25) is 0 Å². The number of halogens is 2. The van der Waals surface area contributed by atoms with Crippen molar-refractivity contribution in [1.82, 2.24) is 4.31 Å². The average Bonchev–Trinajstić information content (AvgIpc) is 2.82. The number of benzene rings is 1. The zero-order valence-electron chi connectivity index (χ0n) is 11.4. The Labute approximate surface area is 122 Å². The summed E-state index contributed by atoms with van der Waals surface area (Å²) >= 11 is 0. The summed E-state index contributed by atoms with van der Waals surface area (Å²) in [6.45, 7) is 1.51. The average molecular weight is 315 g/mol. The van der Waals surface area contributed by atoms with E-state index >= 15 is 0 Å². The van der Waals surface area contributed by atoms with Crippen LogP contribution in [0.5, 0.6) is 0 Å². The zero-order chi connectivity index (χ0) is 15.6. The van der Waals surface area contributed by atoms with E-state index in [4.69, 9.17) is 5.11 Å². The molecule has 114 valence electrons. The Morgan fingerprint density at radius 1 is 1.43 bits per heavy atom. The molecule has 1 atom stereocenters. The van der Waals surface area contributed by atoms with E-state index in [1.54, 1.807) is 6.92 Å². The maximum Gasteiger partial charge on any atom is 0.247 e. The number of hydrogen-bond donors (Lipinski definition) is 1. The highest BCUT2D eigenvalue weighted by Crippen LogP contribution is 2.29. The first kappa shape index (κ1) is 15.9. The largest absolute Gasteiger partial charge is 0.384 e. The van der Waals surface area contributed by atoms with Gasteiger partial charge in [-0.25, -0.2) is 17.2 Å². The lowest BCUT2D eigenvalue weighted by Crippen LogP contribution is -2.34. The van der Waals surface area contributed by atoms with E-state index in [-0.39, 0.29) is 11.6 Å². The zero-order valence-corrected chi connectivity index (χ0v) is 12.3. The lowest BCUT2D eigenvalue weighted by atomic mass is 10.2. The molecule has 21 heavy (non-hydrogen) atoms. The Hall–Kier alpha value is -1.49. The fourth-order valence-electron chi connectivity index (χ4n) is 2.43. The van der Waals surface area contributed by atoms with Crippen molar-refractivity contribution in [2.24, 2.45) is 0 Å². The van der Waals surface area contributed by atoms with Crippen molar-refractivity contribution in [3.63, 3.8) is 0 Å². The highest BCUT2D eigenvalue weighted by atomic mass is 32.2. The molecule has 1 aromatic carbocycles. The molecule has 0 aromatic heterocycles. The summed E-state index contributed by atoms with van der Waals surface area (Å²) in [6.07, 6.45) is 1.39. The summed E-state index contributed by atoms with van der Waals surface area (Å²) in [5.74, 6) is 2.44. The van der Waals surface area contributed by atoms with Crippen molar-refractivity contribution < 1.29 is 22.3 Å². The first-order valence-corrected chi connectivity index (χ1v) is 7.92. The Kier molecular flexibility index (Phi) is 4.61.